The van der Waals surface area contributed by atoms with Crippen LogP contribution in [0.5, 0.6) is 0 Å². The molecule has 4 aromatic heterocycles. The molecule has 0 atom stereocenters. The fourth-order valence-electron chi connectivity index (χ4n) is 2.61. The fourth-order valence-corrected chi connectivity index (χ4v) is 2.61. The highest BCUT2D eigenvalue weighted by Gasteiger charge is 2.16. The van der Waals surface area contributed by atoms with Crippen LogP contribution in [0.3, 0.4) is 0 Å². The lowest BCUT2D eigenvalue weighted by atomic mass is 10.2. The number of hydrogen-bond acceptors (Lipinski definition) is 6. The van der Waals surface area contributed by atoms with Gasteiger partial charge in [-0.05, 0) is 23.8 Å². The summed E-state index contributed by atoms with van der Waals surface area (Å²) in [5.41, 5.74) is 1.78. The number of pyridine rings is 2. The second-order valence-corrected chi connectivity index (χ2v) is 5.69. The van der Waals surface area contributed by atoms with Crippen molar-refractivity contribution in [1.29, 1.82) is 0 Å². The molecule has 9 heteroatoms. The van der Waals surface area contributed by atoms with Crippen molar-refractivity contribution in [1.82, 2.24) is 24.3 Å². The molecule has 0 aliphatic heterocycles. The number of nitrogens with zero attached hydrogens (tertiary/aromatic N) is 5. The van der Waals surface area contributed by atoms with E-state index in [9.17, 15) is 14.3 Å². The molecule has 0 amide bonds. The van der Waals surface area contributed by atoms with E-state index in [-0.39, 0.29) is 17.2 Å². The van der Waals surface area contributed by atoms with Gasteiger partial charge in [-0.15, -0.1) is 0 Å². The quantitative estimate of drug-likeness (QED) is 0.561. The number of carboxylic acid groups (broad SMARTS) is 1. The molecule has 0 aliphatic carbocycles. The van der Waals surface area contributed by atoms with Crippen LogP contribution in [0.4, 0.5) is 10.2 Å². The molecule has 2 N–H and O–H groups in total. The summed E-state index contributed by atoms with van der Waals surface area (Å²) < 4.78 is 15.1. The molecule has 4 aromatic rings. The fraction of sp³-hybridized carbons (Fsp3) is 0.0556. The van der Waals surface area contributed by atoms with E-state index >= 15 is 0 Å². The van der Waals surface area contributed by atoms with Crippen molar-refractivity contribution in [2.45, 2.75) is 6.54 Å². The third-order valence-corrected chi connectivity index (χ3v) is 3.90. The summed E-state index contributed by atoms with van der Waals surface area (Å²) >= 11 is 0. The molecule has 4 heterocycles. The Balaban J connectivity index is 1.73. The summed E-state index contributed by atoms with van der Waals surface area (Å²) in [6.07, 6.45) is 7.32. The van der Waals surface area contributed by atoms with Crippen molar-refractivity contribution in [3.8, 4) is 11.5 Å². The SMILES string of the molecule is O=C(O)c1cnc(-c2cnc3ccc(F)cn23)nc1NCc1cccnc1. The van der Waals surface area contributed by atoms with Crippen LogP contribution in [0.1, 0.15) is 15.9 Å². The lowest BCUT2D eigenvalue weighted by Crippen LogP contribution is -2.10. The zero-order valence-corrected chi connectivity index (χ0v) is 13.9. The third kappa shape index (κ3) is 3.30. The van der Waals surface area contributed by atoms with E-state index in [0.717, 1.165) is 5.56 Å². The molecule has 27 heavy (non-hydrogen) atoms. The van der Waals surface area contributed by atoms with Gasteiger partial charge < -0.3 is 10.4 Å². The number of anilines is 1. The first-order valence-corrected chi connectivity index (χ1v) is 7.98. The van der Waals surface area contributed by atoms with Crippen molar-refractivity contribution in [2.24, 2.45) is 0 Å². The summed E-state index contributed by atoms with van der Waals surface area (Å²) in [6.45, 7) is 0.340. The van der Waals surface area contributed by atoms with Gasteiger partial charge in [-0.1, -0.05) is 6.07 Å². The number of carboxylic acids is 1. The van der Waals surface area contributed by atoms with Crippen LogP contribution in [0.25, 0.3) is 17.2 Å². The molecule has 0 unspecified atom stereocenters. The van der Waals surface area contributed by atoms with E-state index in [1.54, 1.807) is 18.5 Å². The van der Waals surface area contributed by atoms with Crippen LogP contribution >= 0.6 is 0 Å². The van der Waals surface area contributed by atoms with Crippen LogP contribution < -0.4 is 5.32 Å². The minimum atomic E-state index is -1.15. The zero-order valence-electron chi connectivity index (χ0n) is 13.9. The summed E-state index contributed by atoms with van der Waals surface area (Å²) in [5, 5.41) is 12.4. The molecule has 8 nitrogen and oxygen atoms in total. The van der Waals surface area contributed by atoms with Crippen LogP contribution in [-0.4, -0.2) is 35.4 Å². The Morgan fingerprint density at radius 3 is 2.85 bits per heavy atom. The first-order valence-electron chi connectivity index (χ1n) is 7.98. The number of fused-ring (bicyclic) bond motifs is 1. The highest BCUT2D eigenvalue weighted by Crippen LogP contribution is 2.21. The van der Waals surface area contributed by atoms with E-state index < -0.39 is 11.8 Å². The smallest absolute Gasteiger partial charge is 0.341 e. The van der Waals surface area contributed by atoms with Gasteiger partial charge in [0.15, 0.2) is 5.82 Å². The van der Waals surface area contributed by atoms with Gasteiger partial charge in [-0.25, -0.2) is 24.1 Å². The largest absolute Gasteiger partial charge is 0.477 e. The lowest BCUT2D eigenvalue weighted by Gasteiger charge is -2.10. The van der Waals surface area contributed by atoms with Gasteiger partial charge in [0.2, 0.25) is 0 Å². The Morgan fingerprint density at radius 1 is 1.19 bits per heavy atom. The average molecular weight is 364 g/mol. The number of rotatable bonds is 5. The molecule has 0 bridgehead atoms. The Kier molecular flexibility index (Phi) is 4.17. The van der Waals surface area contributed by atoms with Gasteiger partial charge >= 0.3 is 5.97 Å². The van der Waals surface area contributed by atoms with Crippen LogP contribution in [0, 0.1) is 5.82 Å². The molecule has 0 aromatic carbocycles. The normalized spacial score (nSPS) is 10.9. The highest BCUT2D eigenvalue weighted by molar-refractivity contribution is 5.93. The van der Waals surface area contributed by atoms with E-state index in [0.29, 0.717) is 17.9 Å². The second kappa shape index (κ2) is 6.79. The van der Waals surface area contributed by atoms with Crippen molar-refractivity contribution in [3.63, 3.8) is 0 Å². The van der Waals surface area contributed by atoms with Gasteiger partial charge in [0.05, 0.1) is 6.20 Å². The standard InChI is InChI=1S/C18H13FN6O2/c19-12-3-4-15-21-9-14(25(15)10-12)17-23-8-13(18(26)27)16(24-17)22-7-11-2-1-5-20-6-11/h1-6,8-10H,7H2,(H,26,27)(H,22,23,24). The topological polar surface area (TPSA) is 105 Å². The maximum Gasteiger partial charge on any atom is 0.341 e. The molecular weight excluding hydrogens is 351 g/mol. The van der Waals surface area contributed by atoms with Crippen molar-refractivity contribution in [3.05, 3.63) is 72.2 Å². The number of nitrogens with one attached hydrogen (secondary N) is 1. The zero-order chi connectivity index (χ0) is 18.8. The minimum absolute atomic E-state index is 0.0670. The lowest BCUT2D eigenvalue weighted by molar-refractivity contribution is 0.0697. The summed E-state index contributed by atoms with van der Waals surface area (Å²) in [6, 6.07) is 6.48. The van der Waals surface area contributed by atoms with Crippen LogP contribution in [-0.2, 0) is 6.54 Å². The molecular formula is C18H13FN6O2. The van der Waals surface area contributed by atoms with Crippen molar-refractivity contribution < 1.29 is 14.3 Å². The molecule has 0 spiro atoms. The molecule has 134 valence electrons. The number of imidazole rings is 1. The second-order valence-electron chi connectivity index (χ2n) is 5.69. The van der Waals surface area contributed by atoms with Gasteiger partial charge in [-0.2, -0.15) is 0 Å². The molecule has 0 saturated heterocycles. The third-order valence-electron chi connectivity index (χ3n) is 3.90. The Bertz CT molecular complexity index is 1130. The number of carbonyl (C=O) groups is 1. The number of hydrogen-bond donors (Lipinski definition) is 2. The van der Waals surface area contributed by atoms with Gasteiger partial charge in [0.25, 0.3) is 0 Å². The average Bonchev–Trinajstić information content (AvgIpc) is 3.10. The maximum absolute atomic E-state index is 13.6. The van der Waals surface area contributed by atoms with Crippen molar-refractivity contribution in [2.75, 3.05) is 5.32 Å². The molecule has 0 fully saturated rings. The summed E-state index contributed by atoms with van der Waals surface area (Å²) in [4.78, 5) is 28.1. The molecule has 0 saturated carbocycles. The Morgan fingerprint density at radius 2 is 2.07 bits per heavy atom. The molecule has 4 rings (SSSR count). The van der Waals surface area contributed by atoms with Crippen LogP contribution in [0.2, 0.25) is 0 Å². The first-order chi connectivity index (χ1) is 13.1. The predicted octanol–water partition coefficient (Wildman–Crippen LogP) is 2.64. The predicted molar refractivity (Wildman–Crippen MR) is 94.7 cm³/mol. The molecule has 0 radical (unpaired) electrons. The van der Waals surface area contributed by atoms with Gasteiger partial charge in [0, 0.05) is 31.3 Å². The summed E-state index contributed by atoms with van der Waals surface area (Å²) in [5.74, 6) is -1.20. The van der Waals surface area contributed by atoms with E-state index in [1.807, 2.05) is 6.07 Å². The maximum atomic E-state index is 13.6. The van der Waals surface area contributed by atoms with Crippen LogP contribution in [0.15, 0.2) is 55.2 Å². The monoisotopic (exact) mass is 364 g/mol. The minimum Gasteiger partial charge on any atom is -0.477 e. The number of halogens is 1. The first kappa shape index (κ1) is 16.6. The summed E-state index contributed by atoms with van der Waals surface area (Å²) in [7, 11) is 0. The highest BCUT2D eigenvalue weighted by atomic mass is 19.1. The van der Waals surface area contributed by atoms with Gasteiger partial charge in [0.1, 0.15) is 28.5 Å². The Labute approximate surface area is 152 Å². The molecule has 0 aliphatic rings. The van der Waals surface area contributed by atoms with E-state index in [1.165, 1.54) is 35.1 Å². The van der Waals surface area contributed by atoms with Crippen molar-refractivity contribution >= 4 is 17.4 Å². The van der Waals surface area contributed by atoms with E-state index in [4.69, 9.17) is 0 Å². The Hall–Kier alpha value is -3.88. The van der Waals surface area contributed by atoms with E-state index in [2.05, 4.69) is 25.3 Å². The van der Waals surface area contributed by atoms with Gasteiger partial charge in [-0.3, -0.25) is 9.38 Å². The number of aromatic nitrogens is 5. The number of aromatic carboxylic acids is 1.